The van der Waals surface area contributed by atoms with Crippen molar-refractivity contribution in [3.05, 3.63) is 0 Å². The third kappa shape index (κ3) is 3.33. The third-order valence-electron chi connectivity index (χ3n) is 4.11. The van der Waals surface area contributed by atoms with Gasteiger partial charge in [-0.15, -0.1) is 0 Å². The zero-order chi connectivity index (χ0) is 14.9. The first-order valence-corrected chi connectivity index (χ1v) is 8.73. The van der Waals surface area contributed by atoms with Crippen molar-refractivity contribution in [2.45, 2.75) is 39.3 Å². The van der Waals surface area contributed by atoms with E-state index in [-0.39, 0.29) is 19.2 Å². The molecule has 0 radical (unpaired) electrons. The van der Waals surface area contributed by atoms with Crippen LogP contribution >= 0.6 is 0 Å². The molecule has 0 aliphatic carbocycles. The molecule has 4 unspecified atom stereocenters. The molecule has 2 aliphatic rings. The summed E-state index contributed by atoms with van der Waals surface area (Å²) in [5.74, 6) is 0.775. The van der Waals surface area contributed by atoms with Crippen molar-refractivity contribution in [1.82, 2.24) is 8.61 Å². The quantitative estimate of drug-likeness (QED) is 0.814. The van der Waals surface area contributed by atoms with Crippen LogP contribution in [0.3, 0.4) is 0 Å². The Balaban J connectivity index is 2.15. The Morgan fingerprint density at radius 1 is 1.15 bits per heavy atom. The Morgan fingerprint density at radius 2 is 1.75 bits per heavy atom. The van der Waals surface area contributed by atoms with Gasteiger partial charge >= 0.3 is 0 Å². The molecule has 7 heteroatoms. The number of ether oxygens (including phenoxy) is 1. The van der Waals surface area contributed by atoms with Crippen LogP contribution in [0.5, 0.6) is 0 Å². The highest BCUT2D eigenvalue weighted by Crippen LogP contribution is 2.26. The van der Waals surface area contributed by atoms with E-state index in [9.17, 15) is 13.5 Å². The molecule has 0 bridgehead atoms. The number of rotatable bonds is 3. The van der Waals surface area contributed by atoms with Gasteiger partial charge in [0.2, 0.25) is 0 Å². The number of aliphatic hydroxyl groups is 1. The molecule has 2 fully saturated rings. The van der Waals surface area contributed by atoms with Crippen LogP contribution in [0.2, 0.25) is 0 Å². The van der Waals surface area contributed by atoms with Crippen molar-refractivity contribution in [3.8, 4) is 0 Å². The summed E-state index contributed by atoms with van der Waals surface area (Å²) in [6.07, 6.45) is 0.657. The Hall–Kier alpha value is -0.210. The maximum atomic E-state index is 12.8. The lowest BCUT2D eigenvalue weighted by Crippen LogP contribution is -2.57. The molecule has 4 atom stereocenters. The molecular weight excluding hydrogens is 280 g/mol. The SMILES string of the molecule is CC1CC(C)CN(S(=O)(=O)N2CC(CO)OCC2C)C1. The third-order valence-corrected chi connectivity index (χ3v) is 6.16. The molecular formula is C13H26N2O4S. The van der Waals surface area contributed by atoms with Gasteiger partial charge in [-0.25, -0.2) is 0 Å². The summed E-state index contributed by atoms with van der Waals surface area (Å²) in [5, 5.41) is 9.20. The number of nitrogens with zero attached hydrogens (tertiary/aromatic N) is 2. The molecule has 0 aromatic rings. The Bertz CT molecular complexity index is 418. The maximum Gasteiger partial charge on any atom is 0.282 e. The van der Waals surface area contributed by atoms with Gasteiger partial charge in [0.05, 0.1) is 19.3 Å². The van der Waals surface area contributed by atoms with Gasteiger partial charge in [0.25, 0.3) is 10.2 Å². The number of piperidine rings is 1. The highest BCUT2D eigenvalue weighted by atomic mass is 32.2. The van der Waals surface area contributed by atoms with Crippen molar-refractivity contribution >= 4 is 10.2 Å². The Kier molecular flexibility index (Phi) is 5.07. The van der Waals surface area contributed by atoms with Gasteiger partial charge in [0, 0.05) is 25.7 Å². The lowest BCUT2D eigenvalue weighted by atomic mass is 9.94. The number of hydrogen-bond acceptors (Lipinski definition) is 4. The first-order chi connectivity index (χ1) is 9.34. The molecule has 0 amide bonds. The fourth-order valence-corrected chi connectivity index (χ4v) is 5.22. The van der Waals surface area contributed by atoms with Crippen LogP contribution in [-0.2, 0) is 14.9 Å². The van der Waals surface area contributed by atoms with Gasteiger partial charge in [-0.1, -0.05) is 13.8 Å². The maximum absolute atomic E-state index is 12.8. The summed E-state index contributed by atoms with van der Waals surface area (Å²) in [6.45, 7) is 7.63. The summed E-state index contributed by atoms with van der Waals surface area (Å²) in [6, 6.07) is -0.185. The van der Waals surface area contributed by atoms with E-state index in [4.69, 9.17) is 4.74 Å². The highest BCUT2D eigenvalue weighted by molar-refractivity contribution is 7.86. The van der Waals surface area contributed by atoms with E-state index >= 15 is 0 Å². The fourth-order valence-electron chi connectivity index (χ4n) is 3.17. The average molecular weight is 306 g/mol. The van der Waals surface area contributed by atoms with E-state index in [2.05, 4.69) is 13.8 Å². The zero-order valence-corrected chi connectivity index (χ0v) is 13.3. The second-order valence-electron chi connectivity index (χ2n) is 6.33. The van der Waals surface area contributed by atoms with Crippen LogP contribution in [0.25, 0.3) is 0 Å². The molecule has 0 aromatic heterocycles. The van der Waals surface area contributed by atoms with Crippen molar-refractivity contribution in [2.75, 3.05) is 32.8 Å². The molecule has 118 valence electrons. The average Bonchev–Trinajstić information content (AvgIpc) is 2.38. The molecule has 2 aliphatic heterocycles. The minimum Gasteiger partial charge on any atom is -0.394 e. The van der Waals surface area contributed by atoms with Gasteiger partial charge in [-0.3, -0.25) is 0 Å². The van der Waals surface area contributed by atoms with Gasteiger partial charge < -0.3 is 9.84 Å². The molecule has 20 heavy (non-hydrogen) atoms. The monoisotopic (exact) mass is 306 g/mol. The normalized spacial score (nSPS) is 38.0. The van der Waals surface area contributed by atoms with E-state index in [1.54, 1.807) is 4.31 Å². The topological polar surface area (TPSA) is 70.1 Å². The summed E-state index contributed by atoms with van der Waals surface area (Å²) in [5.41, 5.74) is 0. The van der Waals surface area contributed by atoms with E-state index in [1.807, 2.05) is 6.92 Å². The number of hydrogen-bond donors (Lipinski definition) is 1. The standard InChI is InChI=1S/C13H26N2O4S/c1-10-4-11(2)6-14(5-10)20(17,18)15-7-13(8-16)19-9-12(15)3/h10-13,16H,4-9H2,1-3H3. The van der Waals surface area contributed by atoms with Crippen LogP contribution in [0.4, 0.5) is 0 Å². The molecule has 0 aromatic carbocycles. The van der Waals surface area contributed by atoms with Crippen LogP contribution in [0, 0.1) is 11.8 Å². The minimum absolute atomic E-state index is 0.147. The summed E-state index contributed by atoms with van der Waals surface area (Å²) in [7, 11) is -3.47. The van der Waals surface area contributed by atoms with Crippen LogP contribution in [0.1, 0.15) is 27.2 Å². The first-order valence-electron chi connectivity index (χ1n) is 7.34. The van der Waals surface area contributed by atoms with Crippen molar-refractivity contribution < 1.29 is 18.3 Å². The second kappa shape index (κ2) is 6.27. The molecule has 1 N–H and O–H groups in total. The summed E-state index contributed by atoms with van der Waals surface area (Å²) >= 11 is 0. The van der Waals surface area contributed by atoms with Crippen LogP contribution in [-0.4, -0.2) is 67.1 Å². The molecule has 2 saturated heterocycles. The van der Waals surface area contributed by atoms with Gasteiger partial charge in [0.15, 0.2) is 0 Å². The lowest BCUT2D eigenvalue weighted by Gasteiger charge is -2.42. The van der Waals surface area contributed by atoms with E-state index in [0.717, 1.165) is 6.42 Å². The zero-order valence-electron chi connectivity index (χ0n) is 12.5. The minimum atomic E-state index is -3.47. The molecule has 0 spiro atoms. The van der Waals surface area contributed by atoms with E-state index in [1.165, 1.54) is 4.31 Å². The van der Waals surface area contributed by atoms with Crippen molar-refractivity contribution in [1.29, 1.82) is 0 Å². The van der Waals surface area contributed by atoms with Crippen LogP contribution in [0.15, 0.2) is 0 Å². The largest absolute Gasteiger partial charge is 0.394 e. The predicted octanol–water partition coefficient (Wildman–Crippen LogP) is 0.291. The van der Waals surface area contributed by atoms with Gasteiger partial charge in [-0.2, -0.15) is 17.0 Å². The van der Waals surface area contributed by atoms with Gasteiger partial charge in [0.1, 0.15) is 0 Å². The first kappa shape index (κ1) is 16.2. The molecule has 6 nitrogen and oxygen atoms in total. The van der Waals surface area contributed by atoms with E-state index < -0.39 is 16.3 Å². The summed E-state index contributed by atoms with van der Waals surface area (Å²) < 4.78 is 34.1. The van der Waals surface area contributed by atoms with Crippen molar-refractivity contribution in [2.24, 2.45) is 11.8 Å². The van der Waals surface area contributed by atoms with Crippen molar-refractivity contribution in [3.63, 3.8) is 0 Å². The van der Waals surface area contributed by atoms with Crippen LogP contribution < -0.4 is 0 Å². The lowest BCUT2D eigenvalue weighted by molar-refractivity contribution is -0.0535. The van der Waals surface area contributed by atoms with Gasteiger partial charge in [-0.05, 0) is 25.2 Å². The summed E-state index contributed by atoms with van der Waals surface area (Å²) in [4.78, 5) is 0. The Labute approximate surface area is 121 Å². The van der Waals surface area contributed by atoms with E-state index in [0.29, 0.717) is 31.5 Å². The number of aliphatic hydroxyl groups excluding tert-OH is 1. The molecule has 2 heterocycles. The highest BCUT2D eigenvalue weighted by Gasteiger charge is 2.40. The fraction of sp³-hybridized carbons (Fsp3) is 1.00. The molecule has 2 rings (SSSR count). The number of morpholine rings is 1. The Morgan fingerprint density at radius 3 is 2.30 bits per heavy atom. The second-order valence-corrected chi connectivity index (χ2v) is 8.21. The molecule has 0 saturated carbocycles. The predicted molar refractivity (Wildman–Crippen MR) is 76.4 cm³/mol. The smallest absolute Gasteiger partial charge is 0.282 e.